The zero-order valence-electron chi connectivity index (χ0n) is 11.3. The minimum atomic E-state index is 0.402. The predicted octanol–water partition coefficient (Wildman–Crippen LogP) is 2.31. The fourth-order valence-electron chi connectivity index (χ4n) is 2.46. The molecular formula is C15H18N4. The Balaban J connectivity index is 2.14. The molecule has 0 aliphatic carbocycles. The van der Waals surface area contributed by atoms with Crippen LogP contribution in [0.1, 0.15) is 36.7 Å². The molecule has 2 aromatic heterocycles. The first-order valence-corrected chi connectivity index (χ1v) is 6.77. The zero-order valence-corrected chi connectivity index (χ0v) is 11.3. The van der Waals surface area contributed by atoms with Gasteiger partial charge in [-0.1, -0.05) is 19.9 Å². The number of rotatable bonds is 2. The van der Waals surface area contributed by atoms with Gasteiger partial charge < -0.3 is 5.32 Å². The predicted molar refractivity (Wildman–Crippen MR) is 74.8 cm³/mol. The number of hydrogen-bond donors (Lipinski definition) is 1. The molecule has 1 N–H and O–H groups in total. The SMILES string of the molecule is CC(C)c1nc(-c2ccccn2)nc2c1CNCC2. The second-order valence-corrected chi connectivity index (χ2v) is 5.15. The Morgan fingerprint density at radius 1 is 1.21 bits per heavy atom. The molecule has 1 aliphatic heterocycles. The Labute approximate surface area is 113 Å². The summed E-state index contributed by atoms with van der Waals surface area (Å²) in [5.74, 6) is 1.16. The van der Waals surface area contributed by atoms with Crippen LogP contribution in [0.2, 0.25) is 0 Å². The highest BCUT2D eigenvalue weighted by Crippen LogP contribution is 2.25. The largest absolute Gasteiger partial charge is 0.312 e. The summed E-state index contributed by atoms with van der Waals surface area (Å²) >= 11 is 0. The molecule has 0 aromatic carbocycles. The third kappa shape index (κ3) is 2.36. The van der Waals surface area contributed by atoms with Crippen LogP contribution in [0.5, 0.6) is 0 Å². The zero-order chi connectivity index (χ0) is 13.2. The van der Waals surface area contributed by atoms with E-state index in [2.05, 4.69) is 24.1 Å². The summed E-state index contributed by atoms with van der Waals surface area (Å²) in [6.07, 6.45) is 2.76. The minimum Gasteiger partial charge on any atom is -0.312 e. The van der Waals surface area contributed by atoms with Gasteiger partial charge in [-0.15, -0.1) is 0 Å². The van der Waals surface area contributed by atoms with E-state index < -0.39 is 0 Å². The van der Waals surface area contributed by atoms with Crippen LogP contribution in [-0.2, 0) is 13.0 Å². The molecule has 4 nitrogen and oxygen atoms in total. The lowest BCUT2D eigenvalue weighted by atomic mass is 9.98. The van der Waals surface area contributed by atoms with Crippen molar-refractivity contribution in [3.63, 3.8) is 0 Å². The fourth-order valence-corrected chi connectivity index (χ4v) is 2.46. The summed E-state index contributed by atoms with van der Waals surface area (Å²) in [4.78, 5) is 13.8. The third-order valence-electron chi connectivity index (χ3n) is 3.41. The molecular weight excluding hydrogens is 236 g/mol. The van der Waals surface area contributed by atoms with Crippen LogP contribution >= 0.6 is 0 Å². The summed E-state index contributed by atoms with van der Waals surface area (Å²) in [5, 5.41) is 3.40. The molecule has 0 atom stereocenters. The Morgan fingerprint density at radius 3 is 2.84 bits per heavy atom. The van der Waals surface area contributed by atoms with E-state index in [9.17, 15) is 0 Å². The van der Waals surface area contributed by atoms with Gasteiger partial charge in [-0.05, 0) is 18.1 Å². The van der Waals surface area contributed by atoms with Crippen LogP contribution in [0, 0.1) is 0 Å². The highest BCUT2D eigenvalue weighted by atomic mass is 15.0. The van der Waals surface area contributed by atoms with Gasteiger partial charge in [0.2, 0.25) is 0 Å². The van der Waals surface area contributed by atoms with E-state index in [0.29, 0.717) is 5.92 Å². The van der Waals surface area contributed by atoms with Crippen molar-refractivity contribution in [2.24, 2.45) is 0 Å². The molecule has 0 saturated carbocycles. The fraction of sp³-hybridized carbons (Fsp3) is 0.400. The number of hydrogen-bond acceptors (Lipinski definition) is 4. The first kappa shape index (κ1) is 12.2. The summed E-state index contributed by atoms with van der Waals surface area (Å²) in [6.45, 7) is 6.23. The molecule has 0 amide bonds. The summed E-state index contributed by atoms with van der Waals surface area (Å²) < 4.78 is 0. The smallest absolute Gasteiger partial charge is 0.178 e. The van der Waals surface area contributed by atoms with Gasteiger partial charge in [0.25, 0.3) is 0 Å². The monoisotopic (exact) mass is 254 g/mol. The molecule has 19 heavy (non-hydrogen) atoms. The molecule has 4 heteroatoms. The number of fused-ring (bicyclic) bond motifs is 1. The maximum absolute atomic E-state index is 4.74. The minimum absolute atomic E-state index is 0.402. The molecule has 2 aromatic rings. The first-order valence-electron chi connectivity index (χ1n) is 6.77. The highest BCUT2D eigenvalue weighted by Gasteiger charge is 2.19. The Morgan fingerprint density at radius 2 is 2.11 bits per heavy atom. The van der Waals surface area contributed by atoms with Crippen LogP contribution in [-0.4, -0.2) is 21.5 Å². The Bertz CT molecular complexity index is 578. The first-order chi connectivity index (χ1) is 9.25. The third-order valence-corrected chi connectivity index (χ3v) is 3.41. The highest BCUT2D eigenvalue weighted by molar-refractivity contribution is 5.50. The molecule has 0 spiro atoms. The lowest BCUT2D eigenvalue weighted by Gasteiger charge is -2.21. The molecule has 0 radical (unpaired) electrons. The average Bonchev–Trinajstić information content (AvgIpc) is 2.47. The lowest BCUT2D eigenvalue weighted by molar-refractivity contribution is 0.609. The number of pyridine rings is 1. The molecule has 1 aliphatic rings. The number of nitrogens with zero attached hydrogens (tertiary/aromatic N) is 3. The van der Waals surface area contributed by atoms with Crippen LogP contribution in [0.3, 0.4) is 0 Å². The number of nitrogens with one attached hydrogen (secondary N) is 1. The second-order valence-electron chi connectivity index (χ2n) is 5.15. The standard InChI is InChI=1S/C15H18N4/c1-10(2)14-11-9-16-8-6-12(11)18-15(19-14)13-5-3-4-7-17-13/h3-5,7,10,16H,6,8-9H2,1-2H3. The summed E-state index contributed by atoms with van der Waals surface area (Å²) in [7, 11) is 0. The van der Waals surface area contributed by atoms with Crippen molar-refractivity contribution in [1.29, 1.82) is 0 Å². The number of aromatic nitrogens is 3. The van der Waals surface area contributed by atoms with Gasteiger partial charge in [0, 0.05) is 31.3 Å². The van der Waals surface area contributed by atoms with Crippen molar-refractivity contribution in [3.8, 4) is 11.5 Å². The van der Waals surface area contributed by atoms with Gasteiger partial charge >= 0.3 is 0 Å². The van der Waals surface area contributed by atoms with E-state index in [0.717, 1.165) is 36.7 Å². The van der Waals surface area contributed by atoms with E-state index in [1.54, 1.807) is 6.20 Å². The van der Waals surface area contributed by atoms with Crippen molar-refractivity contribution in [2.75, 3.05) is 6.54 Å². The van der Waals surface area contributed by atoms with Crippen LogP contribution in [0.25, 0.3) is 11.5 Å². The van der Waals surface area contributed by atoms with Gasteiger partial charge in [0.1, 0.15) is 5.69 Å². The second kappa shape index (κ2) is 5.05. The van der Waals surface area contributed by atoms with Crippen LogP contribution < -0.4 is 5.32 Å². The molecule has 0 bridgehead atoms. The van der Waals surface area contributed by atoms with Crippen molar-refractivity contribution in [1.82, 2.24) is 20.3 Å². The summed E-state index contributed by atoms with van der Waals surface area (Å²) in [5.41, 5.74) is 4.46. The van der Waals surface area contributed by atoms with Crippen LogP contribution in [0.4, 0.5) is 0 Å². The molecule has 3 rings (SSSR count). The van der Waals surface area contributed by atoms with Crippen molar-refractivity contribution in [3.05, 3.63) is 41.3 Å². The van der Waals surface area contributed by atoms with Crippen molar-refractivity contribution >= 4 is 0 Å². The molecule has 0 fully saturated rings. The Hall–Kier alpha value is -1.81. The molecule has 3 heterocycles. The molecule has 0 unspecified atom stereocenters. The van der Waals surface area contributed by atoms with Crippen molar-refractivity contribution < 1.29 is 0 Å². The van der Waals surface area contributed by atoms with Crippen LogP contribution in [0.15, 0.2) is 24.4 Å². The molecule has 0 saturated heterocycles. The lowest BCUT2D eigenvalue weighted by Crippen LogP contribution is -2.27. The van der Waals surface area contributed by atoms with Crippen molar-refractivity contribution in [2.45, 2.75) is 32.7 Å². The van der Waals surface area contributed by atoms with E-state index >= 15 is 0 Å². The maximum atomic E-state index is 4.74. The normalized spacial score (nSPS) is 14.5. The van der Waals surface area contributed by atoms with E-state index in [1.807, 2.05) is 18.2 Å². The van der Waals surface area contributed by atoms with Gasteiger partial charge in [-0.25, -0.2) is 9.97 Å². The average molecular weight is 254 g/mol. The van der Waals surface area contributed by atoms with E-state index in [-0.39, 0.29) is 0 Å². The van der Waals surface area contributed by atoms with E-state index in [1.165, 1.54) is 11.3 Å². The van der Waals surface area contributed by atoms with Gasteiger partial charge in [0.15, 0.2) is 5.82 Å². The summed E-state index contributed by atoms with van der Waals surface area (Å²) in [6, 6.07) is 5.85. The van der Waals surface area contributed by atoms with Gasteiger partial charge in [0.05, 0.1) is 11.4 Å². The van der Waals surface area contributed by atoms with Gasteiger partial charge in [-0.2, -0.15) is 0 Å². The van der Waals surface area contributed by atoms with Gasteiger partial charge in [-0.3, -0.25) is 4.98 Å². The van der Waals surface area contributed by atoms with E-state index in [4.69, 9.17) is 9.97 Å². The maximum Gasteiger partial charge on any atom is 0.178 e. The molecule has 98 valence electrons. The topological polar surface area (TPSA) is 50.7 Å². The quantitative estimate of drug-likeness (QED) is 0.893. The Kier molecular flexibility index (Phi) is 3.25.